The molecule has 3 aromatic rings. The predicted molar refractivity (Wildman–Crippen MR) is 130 cm³/mol. The summed E-state index contributed by atoms with van der Waals surface area (Å²) < 4.78 is 60.6. The molecule has 188 valence electrons. The summed E-state index contributed by atoms with van der Waals surface area (Å²) in [5.74, 6) is -1.91. The quantitative estimate of drug-likeness (QED) is 0.450. The van der Waals surface area contributed by atoms with E-state index in [0.717, 1.165) is 17.4 Å². The number of morpholine rings is 1. The fraction of sp³-hybridized carbons (Fsp3) is 0.391. The molecule has 35 heavy (non-hydrogen) atoms. The van der Waals surface area contributed by atoms with E-state index < -0.39 is 27.6 Å². The largest absolute Gasteiger partial charge is 0.379 e. The Labute approximate surface area is 206 Å². The Kier molecular flexibility index (Phi) is 7.77. The van der Waals surface area contributed by atoms with E-state index in [2.05, 4.69) is 4.98 Å². The van der Waals surface area contributed by atoms with Crippen molar-refractivity contribution in [2.45, 2.75) is 11.3 Å². The molecular weight excluding hydrogens is 498 g/mol. The minimum absolute atomic E-state index is 0.00348. The van der Waals surface area contributed by atoms with Crippen LogP contribution in [0.15, 0.2) is 41.3 Å². The summed E-state index contributed by atoms with van der Waals surface area (Å²) in [6.45, 7) is 2.23. The Morgan fingerprint density at radius 1 is 1.11 bits per heavy atom. The molecule has 1 fully saturated rings. The van der Waals surface area contributed by atoms with Crippen molar-refractivity contribution in [1.29, 1.82) is 0 Å². The lowest BCUT2D eigenvalue weighted by Gasteiger charge is -2.26. The number of sulfonamides is 1. The van der Waals surface area contributed by atoms with E-state index in [1.165, 1.54) is 39.5 Å². The molecule has 1 aliphatic rings. The molecule has 1 saturated heterocycles. The van der Waals surface area contributed by atoms with Crippen LogP contribution in [-0.2, 0) is 14.8 Å². The van der Waals surface area contributed by atoms with Crippen molar-refractivity contribution in [3.8, 4) is 0 Å². The highest BCUT2D eigenvalue weighted by molar-refractivity contribution is 7.89. The SMILES string of the molecule is CN(C)CCCN(C(=O)c1ccc(S(=O)(=O)N2CCOCC2)cc1)c1nc2c(F)cc(F)cc2s1. The van der Waals surface area contributed by atoms with Crippen LogP contribution in [0, 0.1) is 11.6 Å². The molecule has 0 atom stereocenters. The van der Waals surface area contributed by atoms with Crippen molar-refractivity contribution in [1.82, 2.24) is 14.2 Å². The van der Waals surface area contributed by atoms with E-state index >= 15 is 0 Å². The highest BCUT2D eigenvalue weighted by Gasteiger charge is 2.27. The Bertz CT molecular complexity index is 1310. The van der Waals surface area contributed by atoms with Gasteiger partial charge in [-0.3, -0.25) is 9.69 Å². The third kappa shape index (κ3) is 5.67. The number of fused-ring (bicyclic) bond motifs is 1. The second kappa shape index (κ2) is 10.6. The number of hydrogen-bond donors (Lipinski definition) is 0. The molecule has 0 unspecified atom stereocenters. The molecule has 2 aromatic carbocycles. The molecule has 0 bridgehead atoms. The number of rotatable bonds is 8. The smallest absolute Gasteiger partial charge is 0.260 e. The lowest BCUT2D eigenvalue weighted by Crippen LogP contribution is -2.40. The van der Waals surface area contributed by atoms with Crippen LogP contribution in [0.1, 0.15) is 16.8 Å². The minimum atomic E-state index is -3.69. The van der Waals surface area contributed by atoms with Crippen LogP contribution >= 0.6 is 11.3 Å². The summed E-state index contributed by atoms with van der Waals surface area (Å²) in [5.41, 5.74) is 0.269. The molecule has 8 nitrogen and oxygen atoms in total. The number of hydrogen-bond acceptors (Lipinski definition) is 7. The second-order valence-electron chi connectivity index (χ2n) is 8.39. The van der Waals surface area contributed by atoms with Crippen LogP contribution in [0.25, 0.3) is 10.2 Å². The van der Waals surface area contributed by atoms with Crippen LogP contribution in [0.4, 0.5) is 13.9 Å². The van der Waals surface area contributed by atoms with Crippen molar-refractivity contribution in [3.63, 3.8) is 0 Å². The Hall–Kier alpha value is -2.51. The van der Waals surface area contributed by atoms with Gasteiger partial charge >= 0.3 is 0 Å². The molecular formula is C23H26F2N4O4S2. The van der Waals surface area contributed by atoms with Gasteiger partial charge in [-0.1, -0.05) is 11.3 Å². The van der Waals surface area contributed by atoms with E-state index in [0.29, 0.717) is 37.4 Å². The van der Waals surface area contributed by atoms with E-state index in [-0.39, 0.29) is 34.2 Å². The van der Waals surface area contributed by atoms with E-state index in [1.807, 2.05) is 19.0 Å². The third-order valence-corrected chi connectivity index (χ3v) is 8.51. The van der Waals surface area contributed by atoms with E-state index in [9.17, 15) is 22.0 Å². The number of ether oxygens (including phenoxy) is 1. The first-order valence-corrected chi connectivity index (χ1v) is 13.3. The van der Waals surface area contributed by atoms with Gasteiger partial charge in [0.05, 0.1) is 22.8 Å². The lowest BCUT2D eigenvalue weighted by molar-refractivity contribution is 0.0730. The highest BCUT2D eigenvalue weighted by Crippen LogP contribution is 2.32. The first-order chi connectivity index (χ1) is 16.7. The maximum atomic E-state index is 14.2. The monoisotopic (exact) mass is 524 g/mol. The van der Waals surface area contributed by atoms with E-state index in [4.69, 9.17) is 4.74 Å². The van der Waals surface area contributed by atoms with Crippen molar-refractivity contribution in [2.24, 2.45) is 0 Å². The zero-order chi connectivity index (χ0) is 25.2. The summed E-state index contributed by atoms with van der Waals surface area (Å²) >= 11 is 1.03. The number of amides is 1. The molecule has 1 aromatic heterocycles. The molecule has 0 saturated carbocycles. The van der Waals surface area contributed by atoms with Gasteiger partial charge in [0.25, 0.3) is 5.91 Å². The number of benzene rings is 2. The number of halogens is 2. The summed E-state index contributed by atoms with van der Waals surface area (Å²) in [7, 11) is 0.133. The van der Waals surface area contributed by atoms with Gasteiger partial charge in [-0.15, -0.1) is 0 Å². The zero-order valence-electron chi connectivity index (χ0n) is 19.4. The molecule has 4 rings (SSSR count). The van der Waals surface area contributed by atoms with Crippen LogP contribution in [0.5, 0.6) is 0 Å². The van der Waals surface area contributed by atoms with Crippen LogP contribution in [0.3, 0.4) is 0 Å². The summed E-state index contributed by atoms with van der Waals surface area (Å²) in [6.07, 6.45) is 0.620. The molecule has 0 radical (unpaired) electrons. The first kappa shape index (κ1) is 25.6. The average Bonchev–Trinajstić information content (AvgIpc) is 3.26. The number of carbonyl (C=O) groups is 1. The van der Waals surface area contributed by atoms with Crippen molar-refractivity contribution in [3.05, 3.63) is 53.6 Å². The van der Waals surface area contributed by atoms with Gasteiger partial charge in [-0.25, -0.2) is 22.2 Å². The van der Waals surface area contributed by atoms with Gasteiger partial charge in [0.15, 0.2) is 10.9 Å². The van der Waals surface area contributed by atoms with Crippen molar-refractivity contribution in [2.75, 3.05) is 58.4 Å². The highest BCUT2D eigenvalue weighted by atomic mass is 32.2. The normalized spacial score (nSPS) is 15.1. The van der Waals surface area contributed by atoms with Gasteiger partial charge in [-0.2, -0.15) is 4.31 Å². The zero-order valence-corrected chi connectivity index (χ0v) is 21.0. The van der Waals surface area contributed by atoms with Gasteiger partial charge in [0.2, 0.25) is 10.0 Å². The number of anilines is 1. The van der Waals surface area contributed by atoms with E-state index in [1.54, 1.807) is 0 Å². The third-order valence-electron chi connectivity index (χ3n) is 5.57. The van der Waals surface area contributed by atoms with Gasteiger partial charge in [0, 0.05) is 31.3 Å². The fourth-order valence-electron chi connectivity index (χ4n) is 3.75. The summed E-state index contributed by atoms with van der Waals surface area (Å²) in [6, 6.07) is 7.68. The molecule has 12 heteroatoms. The second-order valence-corrected chi connectivity index (χ2v) is 11.3. The van der Waals surface area contributed by atoms with Crippen molar-refractivity contribution >= 4 is 42.6 Å². The molecule has 0 aliphatic carbocycles. The Morgan fingerprint density at radius 2 is 1.80 bits per heavy atom. The fourth-order valence-corrected chi connectivity index (χ4v) is 6.19. The average molecular weight is 525 g/mol. The topological polar surface area (TPSA) is 83.1 Å². The molecule has 1 aliphatic heterocycles. The molecule has 0 N–H and O–H groups in total. The van der Waals surface area contributed by atoms with Gasteiger partial charge in [0.1, 0.15) is 11.3 Å². The van der Waals surface area contributed by atoms with Gasteiger partial charge in [-0.05, 0) is 57.4 Å². The van der Waals surface area contributed by atoms with Gasteiger partial charge < -0.3 is 9.64 Å². The Balaban J connectivity index is 1.62. The predicted octanol–water partition coefficient (Wildman–Crippen LogP) is 3.19. The molecule has 0 spiro atoms. The maximum Gasteiger partial charge on any atom is 0.260 e. The van der Waals surface area contributed by atoms with Crippen molar-refractivity contribution < 1.29 is 26.7 Å². The molecule has 1 amide bonds. The van der Waals surface area contributed by atoms with Crippen LogP contribution < -0.4 is 4.90 Å². The number of thiazole rings is 1. The number of aromatic nitrogens is 1. The first-order valence-electron chi connectivity index (χ1n) is 11.1. The van der Waals surface area contributed by atoms with Crippen LogP contribution in [0.2, 0.25) is 0 Å². The Morgan fingerprint density at radius 3 is 2.46 bits per heavy atom. The lowest BCUT2D eigenvalue weighted by atomic mass is 10.2. The number of nitrogens with zero attached hydrogens (tertiary/aromatic N) is 4. The number of carbonyl (C=O) groups excluding carboxylic acids is 1. The molecule has 2 heterocycles. The maximum absolute atomic E-state index is 14.2. The summed E-state index contributed by atoms with van der Waals surface area (Å²) in [5, 5.41) is 0.248. The summed E-state index contributed by atoms with van der Waals surface area (Å²) in [4.78, 5) is 21.2. The minimum Gasteiger partial charge on any atom is -0.379 e. The van der Waals surface area contributed by atoms with Crippen LogP contribution in [-0.4, -0.2) is 82.0 Å². The standard InChI is InChI=1S/C23H26F2N4O4S2/c1-27(2)8-3-9-29(23-26-21-19(25)14-17(24)15-20(21)34-23)22(30)16-4-6-18(7-5-16)35(31,32)28-10-12-33-13-11-28/h4-7,14-15H,3,8-13H2,1-2H3.